The van der Waals surface area contributed by atoms with Gasteiger partial charge in [0.25, 0.3) is 0 Å². The molecule has 0 radical (unpaired) electrons. The van der Waals surface area contributed by atoms with Crippen molar-refractivity contribution in [2.75, 3.05) is 0 Å². The van der Waals surface area contributed by atoms with E-state index in [4.69, 9.17) is 0 Å². The molecule has 0 aromatic heterocycles. The topological polar surface area (TPSA) is 0 Å². The molecule has 0 atom stereocenters. The first kappa shape index (κ1) is 51.9. The minimum Gasteiger partial charge on any atom is -0.0654 e. The normalized spacial score (nSPS) is 13.9. The van der Waals surface area contributed by atoms with Crippen LogP contribution in [0.3, 0.4) is 0 Å². The van der Waals surface area contributed by atoms with Crippen LogP contribution >= 0.6 is 0 Å². The first-order chi connectivity index (χ1) is 35.6. The van der Waals surface area contributed by atoms with Crippen LogP contribution in [-0.2, 0) is 10.8 Å². The van der Waals surface area contributed by atoms with E-state index in [-0.39, 0.29) is 10.8 Å². The van der Waals surface area contributed by atoms with Crippen molar-refractivity contribution >= 4 is 21.5 Å². The number of unbranched alkanes of at least 4 members (excludes halogenated alkanes) is 20. The highest BCUT2D eigenvalue weighted by Crippen LogP contribution is 2.58. The average Bonchev–Trinajstić information content (AvgIpc) is 3.85. The average molecular weight is 956 g/mol. The Labute approximate surface area is 437 Å². The summed E-state index contributed by atoms with van der Waals surface area (Å²) in [6.07, 6.45) is 37.0. The monoisotopic (exact) mass is 955 g/mol. The fourth-order valence-electron chi connectivity index (χ4n) is 14.1. The van der Waals surface area contributed by atoms with Crippen LogP contribution in [0.2, 0.25) is 0 Å². The van der Waals surface area contributed by atoms with Crippen LogP contribution in [0.4, 0.5) is 0 Å². The van der Waals surface area contributed by atoms with Crippen molar-refractivity contribution in [1.29, 1.82) is 0 Å². The van der Waals surface area contributed by atoms with Crippen LogP contribution in [0.1, 0.15) is 230 Å². The molecule has 0 heterocycles. The lowest BCUT2D eigenvalue weighted by Crippen LogP contribution is -2.25. The second-order valence-corrected chi connectivity index (χ2v) is 22.7. The zero-order chi connectivity index (χ0) is 49.6. The molecule has 0 saturated heterocycles. The third-order valence-corrected chi connectivity index (χ3v) is 17.9. The molecule has 7 aromatic rings. The quantitative estimate of drug-likeness (QED) is 0.0311. The van der Waals surface area contributed by atoms with Crippen molar-refractivity contribution in [2.24, 2.45) is 0 Å². The van der Waals surface area contributed by atoms with Gasteiger partial charge in [-0.05, 0) is 126 Å². The first-order valence-electron chi connectivity index (χ1n) is 30.0. The molecule has 9 rings (SSSR count). The molecule has 0 saturated carbocycles. The Bertz CT molecular complexity index is 2550. The van der Waals surface area contributed by atoms with E-state index in [0.717, 1.165) is 0 Å². The third kappa shape index (κ3) is 10.8. The van der Waals surface area contributed by atoms with Crippen molar-refractivity contribution in [3.05, 3.63) is 156 Å². The summed E-state index contributed by atoms with van der Waals surface area (Å²) < 4.78 is 0. The molecule has 0 nitrogen and oxygen atoms in total. The van der Waals surface area contributed by atoms with Crippen LogP contribution in [-0.4, -0.2) is 0 Å². The van der Waals surface area contributed by atoms with Gasteiger partial charge in [0, 0.05) is 10.8 Å². The van der Waals surface area contributed by atoms with Crippen LogP contribution in [0.15, 0.2) is 133 Å². The third-order valence-electron chi connectivity index (χ3n) is 17.9. The smallest absolute Gasteiger partial charge is 0.0215 e. The molecule has 0 N–H and O–H groups in total. The van der Waals surface area contributed by atoms with Crippen molar-refractivity contribution in [1.82, 2.24) is 0 Å². The predicted octanol–water partition coefficient (Wildman–Crippen LogP) is 22.9. The summed E-state index contributed by atoms with van der Waals surface area (Å²) in [4.78, 5) is 0. The molecule has 72 heavy (non-hydrogen) atoms. The van der Waals surface area contributed by atoms with Gasteiger partial charge < -0.3 is 0 Å². The predicted molar refractivity (Wildman–Crippen MR) is 317 cm³/mol. The van der Waals surface area contributed by atoms with Gasteiger partial charge in [0.2, 0.25) is 0 Å². The van der Waals surface area contributed by atoms with Gasteiger partial charge in [-0.1, -0.05) is 303 Å². The molecule has 2 aliphatic carbocycles. The van der Waals surface area contributed by atoms with E-state index in [2.05, 4.69) is 161 Å². The van der Waals surface area contributed by atoms with Gasteiger partial charge in [-0.25, -0.2) is 0 Å². The maximum absolute atomic E-state index is 2.70. The number of benzene rings is 7. The van der Waals surface area contributed by atoms with Gasteiger partial charge in [0.1, 0.15) is 0 Å². The molecule has 378 valence electrons. The van der Waals surface area contributed by atoms with Crippen molar-refractivity contribution in [3.8, 4) is 44.5 Å². The lowest BCUT2D eigenvalue weighted by atomic mass is 9.70. The van der Waals surface area contributed by atoms with E-state index in [1.807, 2.05) is 0 Å². The van der Waals surface area contributed by atoms with Gasteiger partial charge in [0.05, 0.1) is 0 Å². The van der Waals surface area contributed by atoms with Crippen molar-refractivity contribution in [3.63, 3.8) is 0 Å². The summed E-state index contributed by atoms with van der Waals surface area (Å²) in [5, 5.41) is 5.48. The lowest BCUT2D eigenvalue weighted by Gasteiger charge is -2.33. The minimum atomic E-state index is 0.0441. The minimum absolute atomic E-state index is 0.0441. The molecule has 7 aromatic carbocycles. The Balaban J connectivity index is 1.15. The second-order valence-electron chi connectivity index (χ2n) is 22.7. The maximum atomic E-state index is 2.70. The number of fused-ring (bicyclic) bond motifs is 8. The van der Waals surface area contributed by atoms with Crippen molar-refractivity contribution < 1.29 is 0 Å². The Hall–Kier alpha value is -4.94. The molecule has 0 fully saturated rings. The van der Waals surface area contributed by atoms with Gasteiger partial charge >= 0.3 is 0 Å². The highest BCUT2D eigenvalue weighted by Gasteiger charge is 2.44. The van der Waals surface area contributed by atoms with E-state index in [1.165, 1.54) is 246 Å². The Kier molecular flexibility index (Phi) is 18.3. The summed E-state index contributed by atoms with van der Waals surface area (Å²) in [6.45, 7) is 9.35. The molecule has 0 unspecified atom stereocenters. The van der Waals surface area contributed by atoms with Gasteiger partial charge in [-0.15, -0.1) is 0 Å². The molecule has 0 bridgehead atoms. The van der Waals surface area contributed by atoms with Gasteiger partial charge in [0.15, 0.2) is 0 Å². The Morgan fingerprint density at radius 3 is 0.833 bits per heavy atom. The maximum Gasteiger partial charge on any atom is 0.0215 e. The Morgan fingerprint density at radius 2 is 0.514 bits per heavy atom. The van der Waals surface area contributed by atoms with E-state index in [0.29, 0.717) is 0 Å². The Morgan fingerprint density at radius 1 is 0.250 bits per heavy atom. The number of hydrogen-bond donors (Lipinski definition) is 0. The highest BCUT2D eigenvalue weighted by molar-refractivity contribution is 6.21. The summed E-state index contributed by atoms with van der Waals surface area (Å²) in [5.74, 6) is 0. The summed E-state index contributed by atoms with van der Waals surface area (Å²) in [5.41, 5.74) is 17.9. The van der Waals surface area contributed by atoms with Gasteiger partial charge in [-0.3, -0.25) is 0 Å². The molecule has 2 aliphatic rings. The van der Waals surface area contributed by atoms with Crippen molar-refractivity contribution in [2.45, 2.75) is 218 Å². The number of rotatable bonds is 30. The zero-order valence-electron chi connectivity index (χ0n) is 45.5. The number of hydrogen-bond acceptors (Lipinski definition) is 0. The fraction of sp³-hybridized carbons (Fsp3) is 0.472. The summed E-state index contributed by atoms with van der Waals surface area (Å²) >= 11 is 0. The molecule has 0 heteroatoms. The highest BCUT2D eigenvalue weighted by atomic mass is 14.5. The molecule has 0 amide bonds. The van der Waals surface area contributed by atoms with E-state index in [9.17, 15) is 0 Å². The molecular weight excluding hydrogens is 865 g/mol. The van der Waals surface area contributed by atoms with Crippen LogP contribution in [0, 0.1) is 0 Å². The van der Waals surface area contributed by atoms with Crippen LogP contribution < -0.4 is 0 Å². The first-order valence-corrected chi connectivity index (χ1v) is 30.0. The van der Waals surface area contributed by atoms with Crippen LogP contribution in [0.25, 0.3) is 66.1 Å². The van der Waals surface area contributed by atoms with E-state index >= 15 is 0 Å². The summed E-state index contributed by atoms with van der Waals surface area (Å²) in [7, 11) is 0. The van der Waals surface area contributed by atoms with E-state index < -0.39 is 0 Å². The van der Waals surface area contributed by atoms with Crippen LogP contribution in [0.5, 0.6) is 0 Å². The van der Waals surface area contributed by atoms with Gasteiger partial charge in [-0.2, -0.15) is 0 Å². The summed E-state index contributed by atoms with van der Waals surface area (Å²) in [6, 6.07) is 53.4. The molecule has 0 aliphatic heterocycles. The molecular formula is C72H90. The standard InChI is InChI=1S/C72H90/c1-5-9-13-17-21-33-49-71(50-34-22-18-14-10-6-2)65-43-31-29-37-57(65)59-47-45-55(53-67(59)71)69-61-39-25-27-41-63(61)70(64-42-28-26-40-62(64)69)56-46-48-60-58-38-30-32-44-66(58)72(68(60)54-56,51-35-23-19-15-11-7-3)52-36-24-20-16-12-8-4/h25-32,37-48,53-54H,5-24,33-36,49-52H2,1-4H3. The SMILES string of the molecule is CCCCCCCCC1(CCCCCCCC)c2ccccc2-c2ccc(-c3c4ccccc4c(-c4ccc5c(c4)C(CCCCCCCC)(CCCCCCCC)c4ccccc4-5)c4ccccc34)cc21. The second kappa shape index (κ2) is 25.3. The largest absolute Gasteiger partial charge is 0.0654 e. The lowest BCUT2D eigenvalue weighted by molar-refractivity contribution is 0.398. The van der Waals surface area contributed by atoms with E-state index in [1.54, 1.807) is 22.3 Å². The fourth-order valence-corrected chi connectivity index (χ4v) is 14.1. The zero-order valence-corrected chi connectivity index (χ0v) is 45.5. The molecule has 0 spiro atoms.